The number of carboxylic acid groups (broad SMARTS) is 1. The maximum Gasteiger partial charge on any atom is 0.407 e. The third-order valence-corrected chi connectivity index (χ3v) is 5.77. The molecule has 1 unspecified atom stereocenters. The predicted molar refractivity (Wildman–Crippen MR) is 129 cm³/mol. The van der Waals surface area contributed by atoms with Crippen molar-refractivity contribution in [3.63, 3.8) is 0 Å². The summed E-state index contributed by atoms with van der Waals surface area (Å²) < 4.78 is 5.47. The molecule has 4 rings (SSSR count). The summed E-state index contributed by atoms with van der Waals surface area (Å²) in [6.07, 6.45) is 4.39. The molecule has 0 saturated carbocycles. The van der Waals surface area contributed by atoms with Gasteiger partial charge in [-0.25, -0.2) is 9.59 Å². The lowest BCUT2D eigenvalue weighted by Crippen LogP contribution is -2.44. The maximum absolute atomic E-state index is 12.8. The lowest BCUT2D eigenvalue weighted by Gasteiger charge is -2.19. The molecular weight excluding hydrogens is 448 g/mol. The number of alkyl carbamates (subject to hydrolysis) is 1. The molecule has 0 bridgehead atoms. The number of carbonyl (C=O) groups is 3. The summed E-state index contributed by atoms with van der Waals surface area (Å²) in [6.45, 7) is 0.0609. The van der Waals surface area contributed by atoms with Gasteiger partial charge in [0.15, 0.2) is 0 Å². The van der Waals surface area contributed by atoms with Gasteiger partial charge in [0.2, 0.25) is 5.91 Å². The molecule has 8 heteroatoms. The van der Waals surface area contributed by atoms with Gasteiger partial charge >= 0.3 is 12.1 Å². The summed E-state index contributed by atoms with van der Waals surface area (Å²) in [5.41, 5.74) is 3.92. The van der Waals surface area contributed by atoms with Crippen molar-refractivity contribution >= 4 is 23.7 Å². The predicted octanol–water partition coefficient (Wildman–Crippen LogP) is 3.96. The summed E-state index contributed by atoms with van der Waals surface area (Å²) in [7, 11) is 0. The third kappa shape index (κ3) is 4.94. The first-order chi connectivity index (χ1) is 16.9. The smallest absolute Gasteiger partial charge is 0.407 e. The molecule has 1 atom stereocenters. The summed E-state index contributed by atoms with van der Waals surface area (Å²) in [5.74, 6) is -0.151. The molecule has 3 aromatic rings. The molecule has 1 aliphatic carbocycles. The highest BCUT2D eigenvalue weighted by molar-refractivity contribution is 6.03. The van der Waals surface area contributed by atoms with E-state index in [4.69, 9.17) is 11.2 Å². The Balaban J connectivity index is 1.43. The number of carboxylic acids is 1. The van der Waals surface area contributed by atoms with Gasteiger partial charge in [-0.05, 0) is 40.5 Å². The second-order valence-corrected chi connectivity index (χ2v) is 7.96. The number of hydrogen-bond acceptors (Lipinski definition) is 5. The molecule has 0 aliphatic heterocycles. The van der Waals surface area contributed by atoms with Gasteiger partial charge < -0.3 is 25.6 Å². The Morgan fingerprint density at radius 3 is 2.23 bits per heavy atom. The number of amides is 2. The number of phenolic OH excluding ortho intramolecular Hbond substituents is 1. The lowest BCUT2D eigenvalue weighted by atomic mass is 9.98. The first-order valence-electron chi connectivity index (χ1n) is 10.8. The summed E-state index contributed by atoms with van der Waals surface area (Å²) in [5, 5.41) is 23.7. The number of carbonyl (C=O) groups excluding carboxylic acids is 2. The molecule has 0 fully saturated rings. The second-order valence-electron chi connectivity index (χ2n) is 7.96. The van der Waals surface area contributed by atoms with Gasteiger partial charge in [0.25, 0.3) is 0 Å². The van der Waals surface area contributed by atoms with Crippen molar-refractivity contribution < 1.29 is 29.3 Å². The number of rotatable bonds is 7. The minimum absolute atomic E-state index is 0.0448. The highest BCUT2D eigenvalue weighted by atomic mass is 16.5. The SMILES string of the molecule is C#CCC(NC(=O)OCC1c2ccccc2-c2ccccc21)C(=O)Nc1ccc(O)cc1C(=O)O. The third-order valence-electron chi connectivity index (χ3n) is 5.77. The number of aromatic hydroxyl groups is 1. The van der Waals surface area contributed by atoms with Crippen LogP contribution in [0.15, 0.2) is 66.7 Å². The molecule has 8 nitrogen and oxygen atoms in total. The Bertz CT molecular complexity index is 1300. The maximum atomic E-state index is 12.8. The van der Waals surface area contributed by atoms with Crippen molar-refractivity contribution in [3.05, 3.63) is 83.4 Å². The fourth-order valence-electron chi connectivity index (χ4n) is 4.15. The Kier molecular flexibility index (Phi) is 6.69. The number of nitrogens with one attached hydrogen (secondary N) is 2. The first-order valence-corrected chi connectivity index (χ1v) is 10.8. The Morgan fingerprint density at radius 2 is 1.63 bits per heavy atom. The number of benzene rings is 3. The molecule has 0 radical (unpaired) electrons. The van der Waals surface area contributed by atoms with E-state index >= 15 is 0 Å². The average Bonchev–Trinajstić information content (AvgIpc) is 3.17. The summed E-state index contributed by atoms with van der Waals surface area (Å²) >= 11 is 0. The molecule has 0 aromatic heterocycles. The van der Waals surface area contributed by atoms with Crippen LogP contribution in [-0.4, -0.2) is 40.8 Å². The number of fused-ring (bicyclic) bond motifs is 3. The molecule has 0 saturated heterocycles. The second kappa shape index (κ2) is 10.0. The van der Waals surface area contributed by atoms with Crippen LogP contribution >= 0.6 is 0 Å². The zero-order chi connectivity index (χ0) is 24.9. The van der Waals surface area contributed by atoms with Gasteiger partial charge in [-0.3, -0.25) is 4.79 Å². The monoisotopic (exact) mass is 470 g/mol. The average molecular weight is 470 g/mol. The highest BCUT2D eigenvalue weighted by Crippen LogP contribution is 2.44. The van der Waals surface area contributed by atoms with E-state index in [0.29, 0.717) is 0 Å². The fourth-order valence-corrected chi connectivity index (χ4v) is 4.15. The van der Waals surface area contributed by atoms with Gasteiger partial charge in [0, 0.05) is 12.3 Å². The molecule has 35 heavy (non-hydrogen) atoms. The standard InChI is InChI=1S/C27H22N2O6/c1-2-7-24(25(31)28-23-13-12-16(30)14-21(23)26(32)33)29-27(34)35-15-22-19-10-5-3-8-17(19)18-9-4-6-11-20(18)22/h1,3-6,8-14,22,24,30H,7,15H2,(H,28,31)(H,29,34)(H,32,33). The lowest BCUT2D eigenvalue weighted by molar-refractivity contribution is -0.118. The molecule has 0 spiro atoms. The molecule has 2 amide bonds. The number of ether oxygens (including phenoxy) is 1. The van der Waals surface area contributed by atoms with Gasteiger partial charge in [-0.15, -0.1) is 12.3 Å². The van der Waals surface area contributed by atoms with Gasteiger partial charge in [0.05, 0.1) is 11.3 Å². The van der Waals surface area contributed by atoms with E-state index in [2.05, 4.69) is 16.6 Å². The van der Waals surface area contributed by atoms with Crippen molar-refractivity contribution in [1.82, 2.24) is 5.32 Å². The number of hydrogen-bond donors (Lipinski definition) is 4. The first kappa shape index (κ1) is 23.4. The zero-order valence-corrected chi connectivity index (χ0v) is 18.5. The van der Waals surface area contributed by atoms with Crippen LogP contribution in [0.3, 0.4) is 0 Å². The van der Waals surface area contributed by atoms with Gasteiger partial charge in [-0.1, -0.05) is 48.5 Å². The minimum atomic E-state index is -1.34. The summed E-state index contributed by atoms with van der Waals surface area (Å²) in [4.78, 5) is 36.8. The van der Waals surface area contributed by atoms with Crippen molar-refractivity contribution in [2.24, 2.45) is 0 Å². The van der Waals surface area contributed by atoms with E-state index in [9.17, 15) is 24.6 Å². The van der Waals surface area contributed by atoms with Crippen LogP contribution in [0, 0.1) is 12.3 Å². The molecular formula is C27H22N2O6. The molecule has 4 N–H and O–H groups in total. The van der Waals surface area contributed by atoms with Gasteiger partial charge in [0.1, 0.15) is 18.4 Å². The van der Waals surface area contributed by atoms with Crippen LogP contribution in [0.25, 0.3) is 11.1 Å². The topological polar surface area (TPSA) is 125 Å². The van der Waals surface area contributed by atoms with Crippen molar-refractivity contribution in [3.8, 4) is 29.2 Å². The van der Waals surface area contributed by atoms with E-state index in [-0.39, 0.29) is 35.9 Å². The Hall–Kier alpha value is -4.77. The molecule has 0 heterocycles. The number of terminal acetylenes is 1. The molecule has 3 aromatic carbocycles. The largest absolute Gasteiger partial charge is 0.508 e. The van der Waals surface area contributed by atoms with Gasteiger partial charge in [-0.2, -0.15) is 0 Å². The fraction of sp³-hybridized carbons (Fsp3) is 0.148. The van der Waals surface area contributed by atoms with Crippen LogP contribution in [0.4, 0.5) is 10.5 Å². The minimum Gasteiger partial charge on any atom is -0.508 e. The highest BCUT2D eigenvalue weighted by Gasteiger charge is 2.30. The van der Waals surface area contributed by atoms with E-state index < -0.39 is 24.0 Å². The van der Waals surface area contributed by atoms with Crippen LogP contribution in [0.5, 0.6) is 5.75 Å². The van der Waals surface area contributed by atoms with Crippen molar-refractivity contribution in [2.75, 3.05) is 11.9 Å². The Labute approximate surface area is 201 Å². The molecule has 1 aliphatic rings. The normalized spacial score (nSPS) is 12.5. The van der Waals surface area contributed by atoms with Crippen molar-refractivity contribution in [2.45, 2.75) is 18.4 Å². The zero-order valence-electron chi connectivity index (χ0n) is 18.5. The van der Waals surface area contributed by atoms with E-state index in [1.54, 1.807) is 0 Å². The quantitative estimate of drug-likeness (QED) is 0.306. The van der Waals surface area contributed by atoms with E-state index in [1.165, 1.54) is 12.1 Å². The van der Waals surface area contributed by atoms with Crippen LogP contribution in [-0.2, 0) is 9.53 Å². The Morgan fingerprint density at radius 1 is 1.00 bits per heavy atom. The number of anilines is 1. The summed E-state index contributed by atoms with van der Waals surface area (Å²) in [6, 6.07) is 18.1. The van der Waals surface area contributed by atoms with E-state index in [0.717, 1.165) is 28.3 Å². The van der Waals surface area contributed by atoms with Crippen LogP contribution < -0.4 is 10.6 Å². The van der Waals surface area contributed by atoms with Crippen molar-refractivity contribution in [1.29, 1.82) is 0 Å². The molecule has 176 valence electrons. The number of phenols is 1. The van der Waals surface area contributed by atoms with Crippen LogP contribution in [0.1, 0.15) is 33.8 Å². The van der Waals surface area contributed by atoms with E-state index in [1.807, 2.05) is 48.5 Å². The van der Waals surface area contributed by atoms with Crippen LogP contribution in [0.2, 0.25) is 0 Å². The number of aromatic carboxylic acids is 1.